The summed E-state index contributed by atoms with van der Waals surface area (Å²) in [6.45, 7) is 2.34. The van der Waals surface area contributed by atoms with Gasteiger partial charge in [-0.25, -0.2) is 13.1 Å². The van der Waals surface area contributed by atoms with Gasteiger partial charge < -0.3 is 10.2 Å². The van der Waals surface area contributed by atoms with Gasteiger partial charge in [-0.05, 0) is 48.4 Å². The Hall–Kier alpha value is -3.20. The molecule has 0 radical (unpaired) electrons. The maximum atomic E-state index is 13.0. The van der Waals surface area contributed by atoms with E-state index in [1.54, 1.807) is 19.1 Å². The molecule has 3 rings (SSSR count). The summed E-state index contributed by atoms with van der Waals surface area (Å²) in [6, 6.07) is 22.0. The van der Waals surface area contributed by atoms with E-state index in [2.05, 4.69) is 10.0 Å². The Morgan fingerprint density at radius 2 is 1.56 bits per heavy atom. The van der Waals surface area contributed by atoms with Gasteiger partial charge in [-0.2, -0.15) is 0 Å². The Labute approximate surface area is 204 Å². The third kappa shape index (κ3) is 7.15. The number of carbonyl (C=O) groups excluding carboxylic acids is 2. The molecular formula is C25H26ClN3O4S. The van der Waals surface area contributed by atoms with Crippen molar-refractivity contribution in [2.24, 2.45) is 0 Å². The van der Waals surface area contributed by atoms with E-state index in [9.17, 15) is 18.0 Å². The molecule has 0 saturated heterocycles. The predicted molar refractivity (Wildman–Crippen MR) is 132 cm³/mol. The molecule has 2 amide bonds. The van der Waals surface area contributed by atoms with Crippen molar-refractivity contribution in [1.82, 2.24) is 14.9 Å². The standard InChI is InChI=1S/C25H26ClN3O4S/c1-2-29(18-24(30)27-16-20-11-13-22(26)14-12-20)25(31)21-9-6-10-23(15-21)34(32,33)28-17-19-7-4-3-5-8-19/h3-15,28H,2,16-18H2,1H3,(H,27,30). The summed E-state index contributed by atoms with van der Waals surface area (Å²) in [4.78, 5) is 26.7. The lowest BCUT2D eigenvalue weighted by Crippen LogP contribution is -2.40. The Bertz CT molecular complexity index is 1230. The van der Waals surface area contributed by atoms with Gasteiger partial charge in [0.25, 0.3) is 5.91 Å². The first-order chi connectivity index (χ1) is 16.3. The lowest BCUT2D eigenvalue weighted by Gasteiger charge is -2.21. The second-order valence-corrected chi connectivity index (χ2v) is 9.76. The van der Waals surface area contributed by atoms with Gasteiger partial charge in [-0.15, -0.1) is 0 Å². The molecule has 0 aromatic heterocycles. The van der Waals surface area contributed by atoms with Crippen molar-refractivity contribution in [2.75, 3.05) is 13.1 Å². The number of carbonyl (C=O) groups is 2. The van der Waals surface area contributed by atoms with E-state index in [0.717, 1.165) is 11.1 Å². The highest BCUT2D eigenvalue weighted by Gasteiger charge is 2.20. The third-order valence-corrected chi connectivity index (χ3v) is 6.76. The summed E-state index contributed by atoms with van der Waals surface area (Å²) in [5, 5.41) is 3.38. The first-order valence-corrected chi connectivity index (χ1v) is 12.6. The normalized spacial score (nSPS) is 11.1. The van der Waals surface area contributed by atoms with E-state index in [1.165, 1.54) is 29.2 Å². The fourth-order valence-electron chi connectivity index (χ4n) is 3.20. The number of rotatable bonds is 10. The van der Waals surface area contributed by atoms with E-state index in [1.807, 2.05) is 42.5 Å². The van der Waals surface area contributed by atoms with Gasteiger partial charge in [0.05, 0.1) is 11.4 Å². The highest BCUT2D eigenvalue weighted by Crippen LogP contribution is 2.14. The van der Waals surface area contributed by atoms with Crippen LogP contribution in [0.15, 0.2) is 83.8 Å². The zero-order valence-electron chi connectivity index (χ0n) is 18.7. The molecule has 178 valence electrons. The maximum absolute atomic E-state index is 13.0. The molecule has 0 aliphatic carbocycles. The number of sulfonamides is 1. The van der Waals surface area contributed by atoms with E-state index in [4.69, 9.17) is 11.6 Å². The van der Waals surface area contributed by atoms with Gasteiger partial charge >= 0.3 is 0 Å². The molecule has 0 heterocycles. The molecule has 7 nitrogen and oxygen atoms in total. The number of amides is 2. The zero-order valence-corrected chi connectivity index (χ0v) is 20.3. The molecule has 3 aromatic rings. The molecule has 0 aliphatic rings. The predicted octanol–water partition coefficient (Wildman–Crippen LogP) is 3.60. The highest BCUT2D eigenvalue weighted by molar-refractivity contribution is 7.89. The number of hydrogen-bond acceptors (Lipinski definition) is 4. The van der Waals surface area contributed by atoms with Gasteiger partial charge in [-0.1, -0.05) is 60.1 Å². The van der Waals surface area contributed by atoms with Crippen LogP contribution in [-0.4, -0.2) is 38.2 Å². The number of likely N-dealkylation sites (N-methyl/N-ethyl adjacent to an activating group) is 1. The van der Waals surface area contributed by atoms with E-state index in [0.29, 0.717) is 11.6 Å². The van der Waals surface area contributed by atoms with Crippen LogP contribution in [0.1, 0.15) is 28.4 Å². The molecule has 9 heteroatoms. The van der Waals surface area contributed by atoms with Crippen molar-refractivity contribution in [3.63, 3.8) is 0 Å². The summed E-state index contributed by atoms with van der Waals surface area (Å²) in [5.41, 5.74) is 1.89. The molecule has 0 atom stereocenters. The first-order valence-electron chi connectivity index (χ1n) is 10.7. The Morgan fingerprint density at radius 1 is 0.882 bits per heavy atom. The van der Waals surface area contributed by atoms with Crippen LogP contribution in [0.5, 0.6) is 0 Å². The first kappa shape index (κ1) is 25.4. The molecule has 0 saturated carbocycles. The van der Waals surface area contributed by atoms with Crippen LogP contribution in [0.3, 0.4) is 0 Å². The minimum atomic E-state index is -3.82. The van der Waals surface area contributed by atoms with Crippen LogP contribution in [0.25, 0.3) is 0 Å². The van der Waals surface area contributed by atoms with Gasteiger partial charge in [0.1, 0.15) is 0 Å². The van der Waals surface area contributed by atoms with Gasteiger partial charge in [-0.3, -0.25) is 9.59 Å². The number of nitrogens with zero attached hydrogens (tertiary/aromatic N) is 1. The lowest BCUT2D eigenvalue weighted by atomic mass is 10.2. The number of benzene rings is 3. The largest absolute Gasteiger partial charge is 0.350 e. The van der Waals surface area contributed by atoms with Crippen molar-refractivity contribution in [2.45, 2.75) is 24.9 Å². The van der Waals surface area contributed by atoms with Gasteiger partial charge in [0.15, 0.2) is 0 Å². The maximum Gasteiger partial charge on any atom is 0.254 e. The fourth-order valence-corrected chi connectivity index (χ4v) is 4.38. The van der Waals surface area contributed by atoms with Crippen LogP contribution in [-0.2, 0) is 27.9 Å². The molecule has 34 heavy (non-hydrogen) atoms. The van der Waals surface area contributed by atoms with Crippen LogP contribution < -0.4 is 10.0 Å². The molecule has 0 bridgehead atoms. The van der Waals surface area contributed by atoms with Crippen LogP contribution >= 0.6 is 11.6 Å². The molecule has 0 unspecified atom stereocenters. The SMILES string of the molecule is CCN(CC(=O)NCc1ccc(Cl)cc1)C(=O)c1cccc(S(=O)(=O)NCc2ccccc2)c1. The summed E-state index contributed by atoms with van der Waals surface area (Å²) in [5.74, 6) is -0.747. The average molecular weight is 500 g/mol. The number of nitrogens with one attached hydrogen (secondary N) is 2. The molecule has 0 aliphatic heterocycles. The fraction of sp³-hybridized carbons (Fsp3) is 0.200. The Morgan fingerprint density at radius 3 is 2.24 bits per heavy atom. The summed E-state index contributed by atoms with van der Waals surface area (Å²) >= 11 is 5.87. The highest BCUT2D eigenvalue weighted by atomic mass is 35.5. The molecular weight excluding hydrogens is 474 g/mol. The van der Waals surface area contributed by atoms with E-state index < -0.39 is 15.9 Å². The smallest absolute Gasteiger partial charge is 0.254 e. The van der Waals surface area contributed by atoms with Gasteiger partial charge in [0.2, 0.25) is 15.9 Å². The topological polar surface area (TPSA) is 95.6 Å². The molecule has 0 spiro atoms. The van der Waals surface area contributed by atoms with Crippen LogP contribution in [0.4, 0.5) is 0 Å². The third-order valence-electron chi connectivity index (χ3n) is 5.11. The summed E-state index contributed by atoms with van der Waals surface area (Å²) in [6.07, 6.45) is 0. The van der Waals surface area contributed by atoms with Crippen molar-refractivity contribution < 1.29 is 18.0 Å². The summed E-state index contributed by atoms with van der Waals surface area (Å²) < 4.78 is 28.0. The Balaban J connectivity index is 1.63. The molecule has 2 N–H and O–H groups in total. The quantitative estimate of drug-likeness (QED) is 0.445. The number of halogens is 1. The molecule has 3 aromatic carbocycles. The Kier molecular flexibility index (Phi) is 8.81. The van der Waals surface area contributed by atoms with Gasteiger partial charge in [0, 0.05) is 30.2 Å². The zero-order chi connectivity index (χ0) is 24.6. The second-order valence-electron chi connectivity index (χ2n) is 7.56. The minimum absolute atomic E-state index is 0.0162. The van der Waals surface area contributed by atoms with Crippen LogP contribution in [0, 0.1) is 0 Å². The monoisotopic (exact) mass is 499 g/mol. The van der Waals surface area contributed by atoms with E-state index >= 15 is 0 Å². The van der Waals surface area contributed by atoms with Crippen molar-refractivity contribution in [3.05, 3.63) is 101 Å². The van der Waals surface area contributed by atoms with Crippen LogP contribution in [0.2, 0.25) is 5.02 Å². The molecule has 0 fully saturated rings. The second kappa shape index (κ2) is 11.8. The lowest BCUT2D eigenvalue weighted by molar-refractivity contribution is -0.121. The van der Waals surface area contributed by atoms with Crippen molar-refractivity contribution >= 4 is 33.4 Å². The average Bonchev–Trinajstić information content (AvgIpc) is 2.86. The summed E-state index contributed by atoms with van der Waals surface area (Å²) in [7, 11) is -3.82. The minimum Gasteiger partial charge on any atom is -0.350 e. The van der Waals surface area contributed by atoms with E-state index in [-0.39, 0.29) is 36.0 Å². The van der Waals surface area contributed by atoms with Crippen molar-refractivity contribution in [1.29, 1.82) is 0 Å². The van der Waals surface area contributed by atoms with Crippen molar-refractivity contribution in [3.8, 4) is 0 Å². The number of hydrogen-bond donors (Lipinski definition) is 2.